The largest absolute Gasteiger partial charge is 0.481 e. The normalized spacial score (nSPS) is 17.3. The lowest BCUT2D eigenvalue weighted by Gasteiger charge is -2.28. The summed E-state index contributed by atoms with van der Waals surface area (Å²) in [7, 11) is 0. The summed E-state index contributed by atoms with van der Waals surface area (Å²) in [6, 6.07) is 7.41. The van der Waals surface area contributed by atoms with Gasteiger partial charge in [-0.2, -0.15) is 0 Å². The number of carbonyl (C=O) groups is 1. The molecule has 5 heteroatoms. The van der Waals surface area contributed by atoms with Crippen molar-refractivity contribution >= 4 is 21.8 Å². The van der Waals surface area contributed by atoms with Gasteiger partial charge in [0.15, 0.2) is 6.10 Å². The van der Waals surface area contributed by atoms with Crippen molar-refractivity contribution in [3.63, 3.8) is 0 Å². The molecule has 1 aromatic carbocycles. The van der Waals surface area contributed by atoms with Crippen molar-refractivity contribution in [2.24, 2.45) is 0 Å². The first kappa shape index (κ1) is 13.4. The van der Waals surface area contributed by atoms with E-state index in [9.17, 15) is 4.79 Å². The van der Waals surface area contributed by atoms with Crippen molar-refractivity contribution in [3.05, 3.63) is 28.7 Å². The highest BCUT2D eigenvalue weighted by Crippen LogP contribution is 2.18. The zero-order chi connectivity index (χ0) is 13.0. The lowest BCUT2D eigenvalue weighted by molar-refractivity contribution is -0.202. The van der Waals surface area contributed by atoms with E-state index in [1.807, 2.05) is 24.3 Å². The molecule has 0 saturated carbocycles. The van der Waals surface area contributed by atoms with Crippen LogP contribution in [0.25, 0.3) is 0 Å². The van der Waals surface area contributed by atoms with Crippen molar-refractivity contribution in [1.29, 1.82) is 0 Å². The minimum Gasteiger partial charge on any atom is -0.481 e. The summed E-state index contributed by atoms with van der Waals surface area (Å²) in [4.78, 5) is 17.4. The van der Waals surface area contributed by atoms with Crippen molar-refractivity contribution in [2.45, 2.75) is 25.9 Å². The number of hydrogen-bond acceptors (Lipinski definition) is 3. The van der Waals surface area contributed by atoms with Crippen LogP contribution in [0.4, 0.5) is 0 Å². The van der Waals surface area contributed by atoms with E-state index in [0.717, 1.165) is 17.3 Å². The van der Waals surface area contributed by atoms with Gasteiger partial charge in [-0.25, -0.2) is 5.06 Å². The summed E-state index contributed by atoms with van der Waals surface area (Å²) in [5.74, 6) is 0.550. The van der Waals surface area contributed by atoms with E-state index in [1.165, 1.54) is 5.06 Å². The molecule has 1 aliphatic rings. The first-order chi connectivity index (χ1) is 8.66. The molecule has 1 amide bonds. The number of rotatable bonds is 3. The molecule has 98 valence electrons. The van der Waals surface area contributed by atoms with Crippen LogP contribution in [0, 0.1) is 0 Å². The first-order valence-electron chi connectivity index (χ1n) is 6.03. The van der Waals surface area contributed by atoms with Gasteiger partial charge in [-0.1, -0.05) is 15.9 Å². The van der Waals surface area contributed by atoms with E-state index in [2.05, 4.69) is 15.9 Å². The molecule has 0 aromatic heterocycles. The van der Waals surface area contributed by atoms with Gasteiger partial charge in [0.2, 0.25) is 0 Å². The second-order valence-corrected chi connectivity index (χ2v) is 5.11. The minimum atomic E-state index is -0.538. The van der Waals surface area contributed by atoms with Crippen LogP contribution in [0.5, 0.6) is 5.75 Å². The highest BCUT2D eigenvalue weighted by molar-refractivity contribution is 9.10. The van der Waals surface area contributed by atoms with Crippen LogP contribution in [-0.2, 0) is 9.63 Å². The Labute approximate surface area is 115 Å². The fourth-order valence-electron chi connectivity index (χ4n) is 1.74. The molecule has 0 spiro atoms. The molecule has 0 aliphatic carbocycles. The van der Waals surface area contributed by atoms with Crippen LogP contribution in [-0.4, -0.2) is 30.2 Å². The Morgan fingerprint density at radius 1 is 1.39 bits per heavy atom. The molecule has 1 heterocycles. The SMILES string of the molecule is CC(Oc1ccc(Br)cc1)C(=O)N1CCCCO1. The lowest BCUT2D eigenvalue weighted by Crippen LogP contribution is -2.43. The number of benzene rings is 1. The molecule has 0 bridgehead atoms. The maximum Gasteiger partial charge on any atom is 0.286 e. The summed E-state index contributed by atoms with van der Waals surface area (Å²) in [5.41, 5.74) is 0. The second kappa shape index (κ2) is 6.20. The number of amides is 1. The molecule has 0 N–H and O–H groups in total. The fourth-order valence-corrected chi connectivity index (χ4v) is 2.01. The number of hydroxylamine groups is 2. The Kier molecular flexibility index (Phi) is 4.60. The van der Waals surface area contributed by atoms with Crippen molar-refractivity contribution < 1.29 is 14.4 Å². The third-order valence-electron chi connectivity index (χ3n) is 2.72. The van der Waals surface area contributed by atoms with Gasteiger partial charge in [0.05, 0.1) is 6.61 Å². The predicted molar refractivity (Wildman–Crippen MR) is 71.1 cm³/mol. The summed E-state index contributed by atoms with van der Waals surface area (Å²) < 4.78 is 6.57. The standard InChI is InChI=1S/C13H16BrNO3/c1-10(13(16)15-8-2-3-9-17-15)18-12-6-4-11(14)5-7-12/h4-7,10H,2-3,8-9H2,1H3. The summed E-state index contributed by atoms with van der Waals surface area (Å²) in [6.45, 7) is 2.99. The number of nitrogens with zero attached hydrogens (tertiary/aromatic N) is 1. The Balaban J connectivity index is 1.92. The van der Waals surface area contributed by atoms with Crippen molar-refractivity contribution in [2.75, 3.05) is 13.2 Å². The minimum absolute atomic E-state index is 0.127. The highest BCUT2D eigenvalue weighted by atomic mass is 79.9. The van der Waals surface area contributed by atoms with Crippen LogP contribution in [0.15, 0.2) is 28.7 Å². The topological polar surface area (TPSA) is 38.8 Å². The van der Waals surface area contributed by atoms with Gasteiger partial charge in [-0.3, -0.25) is 9.63 Å². The molecule has 2 rings (SSSR count). The Bertz CT molecular complexity index is 401. The number of hydrogen-bond donors (Lipinski definition) is 0. The summed E-state index contributed by atoms with van der Waals surface area (Å²) in [6.07, 6.45) is 1.45. The molecule has 1 atom stereocenters. The second-order valence-electron chi connectivity index (χ2n) is 4.19. The molecule has 0 radical (unpaired) electrons. The van der Waals surface area contributed by atoms with Gasteiger partial charge in [-0.15, -0.1) is 0 Å². The molecule has 1 saturated heterocycles. The molecular formula is C13H16BrNO3. The fraction of sp³-hybridized carbons (Fsp3) is 0.462. The summed E-state index contributed by atoms with van der Waals surface area (Å²) >= 11 is 3.35. The predicted octanol–water partition coefficient (Wildman–Crippen LogP) is 2.77. The van der Waals surface area contributed by atoms with E-state index in [0.29, 0.717) is 18.9 Å². The zero-order valence-electron chi connectivity index (χ0n) is 10.3. The van der Waals surface area contributed by atoms with Gasteiger partial charge >= 0.3 is 0 Å². The zero-order valence-corrected chi connectivity index (χ0v) is 11.9. The average molecular weight is 314 g/mol. The quantitative estimate of drug-likeness (QED) is 0.861. The maximum absolute atomic E-state index is 12.0. The Morgan fingerprint density at radius 2 is 2.11 bits per heavy atom. The monoisotopic (exact) mass is 313 g/mol. The smallest absolute Gasteiger partial charge is 0.286 e. The highest BCUT2D eigenvalue weighted by Gasteiger charge is 2.24. The van der Waals surface area contributed by atoms with Crippen molar-refractivity contribution in [1.82, 2.24) is 5.06 Å². The number of ether oxygens (including phenoxy) is 1. The van der Waals surface area contributed by atoms with Gasteiger partial charge in [0.25, 0.3) is 5.91 Å². The van der Waals surface area contributed by atoms with E-state index in [-0.39, 0.29) is 5.91 Å². The van der Waals surface area contributed by atoms with Gasteiger partial charge in [0.1, 0.15) is 5.75 Å². The van der Waals surface area contributed by atoms with Crippen LogP contribution in [0.3, 0.4) is 0 Å². The molecular weight excluding hydrogens is 298 g/mol. The average Bonchev–Trinajstić information content (AvgIpc) is 2.41. The third kappa shape index (κ3) is 3.46. The van der Waals surface area contributed by atoms with Crippen LogP contribution in [0.2, 0.25) is 0 Å². The number of halogens is 1. The van der Waals surface area contributed by atoms with Crippen LogP contribution < -0.4 is 4.74 Å². The third-order valence-corrected chi connectivity index (χ3v) is 3.25. The maximum atomic E-state index is 12.0. The van der Waals surface area contributed by atoms with E-state index < -0.39 is 6.10 Å². The number of carbonyl (C=O) groups excluding carboxylic acids is 1. The molecule has 18 heavy (non-hydrogen) atoms. The van der Waals surface area contributed by atoms with E-state index >= 15 is 0 Å². The molecule has 1 unspecified atom stereocenters. The van der Waals surface area contributed by atoms with Gasteiger partial charge in [-0.05, 0) is 44.0 Å². The lowest BCUT2D eigenvalue weighted by atomic mass is 10.2. The molecule has 1 aromatic rings. The Hall–Kier alpha value is -1.07. The molecule has 4 nitrogen and oxygen atoms in total. The van der Waals surface area contributed by atoms with Crippen LogP contribution >= 0.6 is 15.9 Å². The first-order valence-corrected chi connectivity index (χ1v) is 6.82. The van der Waals surface area contributed by atoms with Crippen LogP contribution in [0.1, 0.15) is 19.8 Å². The van der Waals surface area contributed by atoms with Gasteiger partial charge < -0.3 is 4.74 Å². The molecule has 1 aliphatic heterocycles. The van der Waals surface area contributed by atoms with Gasteiger partial charge in [0, 0.05) is 11.0 Å². The van der Waals surface area contributed by atoms with Crippen molar-refractivity contribution in [3.8, 4) is 5.75 Å². The van der Waals surface area contributed by atoms with E-state index in [1.54, 1.807) is 6.92 Å². The Morgan fingerprint density at radius 3 is 2.72 bits per heavy atom. The van der Waals surface area contributed by atoms with E-state index in [4.69, 9.17) is 9.57 Å². The summed E-state index contributed by atoms with van der Waals surface area (Å²) in [5, 5.41) is 1.41. The molecule has 1 fully saturated rings.